The monoisotopic (exact) mass is 326 g/mol. The number of nitrogens with one attached hydrogen (secondary N) is 1. The Kier molecular flexibility index (Phi) is 6.37. The number of carbonyl (C=O) groups excluding carboxylic acids is 1. The van der Waals surface area contributed by atoms with Crippen molar-refractivity contribution in [3.63, 3.8) is 0 Å². The summed E-state index contributed by atoms with van der Waals surface area (Å²) in [5.41, 5.74) is 3.75. The van der Waals surface area contributed by atoms with Gasteiger partial charge >= 0.3 is 0 Å². The molecule has 0 saturated heterocycles. The fraction of sp³-hybridized carbons (Fsp3) is 0.263. The van der Waals surface area contributed by atoms with E-state index in [4.69, 9.17) is 4.74 Å². The van der Waals surface area contributed by atoms with Crippen molar-refractivity contribution in [2.45, 2.75) is 20.3 Å². The quantitative estimate of drug-likeness (QED) is 0.603. The minimum atomic E-state index is -0.293. The fourth-order valence-electron chi connectivity index (χ4n) is 1.91. The van der Waals surface area contributed by atoms with E-state index in [1.54, 1.807) is 48.5 Å². The van der Waals surface area contributed by atoms with Crippen LogP contribution in [0.15, 0.2) is 53.6 Å². The minimum Gasteiger partial charge on any atom is -0.508 e. The van der Waals surface area contributed by atoms with Crippen LogP contribution in [0.25, 0.3) is 0 Å². The molecule has 0 fully saturated rings. The number of carbonyl (C=O) groups is 1. The number of phenols is 1. The van der Waals surface area contributed by atoms with Crippen LogP contribution < -0.4 is 10.2 Å². The minimum absolute atomic E-state index is 0.187. The lowest BCUT2D eigenvalue weighted by Gasteiger charge is -2.08. The number of aromatic hydroxyl groups is 1. The largest absolute Gasteiger partial charge is 0.508 e. The van der Waals surface area contributed by atoms with Crippen LogP contribution in [0.5, 0.6) is 11.5 Å². The van der Waals surface area contributed by atoms with Gasteiger partial charge in [-0.1, -0.05) is 13.8 Å². The van der Waals surface area contributed by atoms with Crippen molar-refractivity contribution < 1.29 is 14.6 Å². The van der Waals surface area contributed by atoms with Crippen LogP contribution in [-0.2, 0) is 0 Å². The molecule has 126 valence electrons. The lowest BCUT2D eigenvalue weighted by atomic mass is 10.1. The Morgan fingerprint density at radius 1 is 1.17 bits per heavy atom. The molecule has 24 heavy (non-hydrogen) atoms. The van der Waals surface area contributed by atoms with Gasteiger partial charge < -0.3 is 9.84 Å². The van der Waals surface area contributed by atoms with E-state index in [9.17, 15) is 9.90 Å². The highest BCUT2D eigenvalue weighted by Crippen LogP contribution is 2.13. The van der Waals surface area contributed by atoms with Gasteiger partial charge in [0.25, 0.3) is 5.91 Å². The number of hydrazone groups is 1. The zero-order chi connectivity index (χ0) is 17.4. The van der Waals surface area contributed by atoms with Gasteiger partial charge in [0.15, 0.2) is 0 Å². The van der Waals surface area contributed by atoms with Crippen molar-refractivity contribution in [1.82, 2.24) is 5.43 Å². The summed E-state index contributed by atoms with van der Waals surface area (Å²) < 4.78 is 5.62. The molecule has 2 N–H and O–H groups in total. The number of ether oxygens (including phenoxy) is 1. The Balaban J connectivity index is 1.84. The number of nitrogens with zero attached hydrogens (tertiary/aromatic N) is 1. The molecule has 0 aliphatic carbocycles. The Hall–Kier alpha value is -2.82. The highest BCUT2D eigenvalue weighted by Gasteiger charge is 2.04. The van der Waals surface area contributed by atoms with Gasteiger partial charge in [-0.2, -0.15) is 5.10 Å². The molecule has 5 heteroatoms. The average Bonchev–Trinajstić information content (AvgIpc) is 2.57. The molecule has 2 aromatic carbocycles. The van der Waals surface area contributed by atoms with Crippen LogP contribution in [0.2, 0.25) is 0 Å². The Labute approximate surface area is 142 Å². The van der Waals surface area contributed by atoms with E-state index in [0.29, 0.717) is 18.1 Å². The molecule has 0 atom stereocenters. The second-order valence-electron chi connectivity index (χ2n) is 5.85. The van der Waals surface area contributed by atoms with E-state index < -0.39 is 0 Å². The van der Waals surface area contributed by atoms with Crippen LogP contribution in [0.1, 0.15) is 36.2 Å². The first kappa shape index (κ1) is 17.5. The van der Waals surface area contributed by atoms with Gasteiger partial charge in [0, 0.05) is 5.56 Å². The fourth-order valence-corrected chi connectivity index (χ4v) is 1.91. The lowest BCUT2D eigenvalue weighted by Crippen LogP contribution is -2.17. The summed E-state index contributed by atoms with van der Waals surface area (Å²) in [6.07, 6.45) is 2.51. The van der Waals surface area contributed by atoms with Gasteiger partial charge in [0.05, 0.1) is 12.8 Å². The highest BCUT2D eigenvalue weighted by molar-refractivity contribution is 5.95. The standard InChI is InChI=1S/C19H22N2O3/c1-14(2)11-12-24-18-9-5-16(6-10-18)19(23)21-20-13-15-3-7-17(22)8-4-15/h3-10,13-14,22H,11-12H2,1-2H3,(H,21,23)/b20-13+. The smallest absolute Gasteiger partial charge is 0.271 e. The summed E-state index contributed by atoms with van der Waals surface area (Å²) in [6, 6.07) is 13.5. The highest BCUT2D eigenvalue weighted by atomic mass is 16.5. The molecule has 0 aromatic heterocycles. The second kappa shape index (κ2) is 8.72. The number of hydrogen-bond acceptors (Lipinski definition) is 4. The number of hydrogen-bond donors (Lipinski definition) is 2. The van der Waals surface area contributed by atoms with Crippen LogP contribution in [-0.4, -0.2) is 23.8 Å². The molecule has 0 saturated carbocycles. The summed E-state index contributed by atoms with van der Waals surface area (Å²) in [5.74, 6) is 1.24. The summed E-state index contributed by atoms with van der Waals surface area (Å²) in [5, 5.41) is 13.1. The van der Waals surface area contributed by atoms with Crippen LogP contribution in [0, 0.1) is 5.92 Å². The summed E-state index contributed by atoms with van der Waals surface area (Å²) >= 11 is 0. The molecule has 0 radical (unpaired) electrons. The van der Waals surface area contributed by atoms with Crippen LogP contribution in [0.3, 0.4) is 0 Å². The van der Waals surface area contributed by atoms with Gasteiger partial charge in [-0.3, -0.25) is 4.79 Å². The first-order chi connectivity index (χ1) is 11.5. The number of amides is 1. The summed E-state index contributed by atoms with van der Waals surface area (Å²) in [6.45, 7) is 4.96. The Morgan fingerprint density at radius 2 is 1.83 bits per heavy atom. The summed E-state index contributed by atoms with van der Waals surface area (Å²) in [4.78, 5) is 12.0. The topological polar surface area (TPSA) is 70.9 Å². The first-order valence-electron chi connectivity index (χ1n) is 7.90. The van der Waals surface area contributed by atoms with E-state index in [2.05, 4.69) is 24.4 Å². The third-order valence-corrected chi connectivity index (χ3v) is 3.35. The van der Waals surface area contributed by atoms with Gasteiger partial charge in [-0.25, -0.2) is 5.43 Å². The normalized spacial score (nSPS) is 11.0. The summed E-state index contributed by atoms with van der Waals surface area (Å²) in [7, 11) is 0. The van der Waals surface area contributed by atoms with E-state index in [1.807, 2.05) is 0 Å². The van der Waals surface area contributed by atoms with Crippen molar-refractivity contribution >= 4 is 12.1 Å². The van der Waals surface area contributed by atoms with Gasteiger partial charge in [-0.05, 0) is 66.4 Å². The second-order valence-corrected chi connectivity index (χ2v) is 5.85. The maximum absolute atomic E-state index is 12.0. The van der Waals surface area contributed by atoms with E-state index in [0.717, 1.165) is 17.7 Å². The Morgan fingerprint density at radius 3 is 2.46 bits per heavy atom. The van der Waals surface area contributed by atoms with Crippen molar-refractivity contribution in [3.8, 4) is 11.5 Å². The number of rotatable bonds is 7. The van der Waals surface area contributed by atoms with E-state index >= 15 is 0 Å². The zero-order valence-electron chi connectivity index (χ0n) is 13.9. The maximum atomic E-state index is 12.0. The molecular weight excluding hydrogens is 304 g/mol. The average molecular weight is 326 g/mol. The molecule has 0 spiro atoms. The van der Waals surface area contributed by atoms with Crippen LogP contribution in [0.4, 0.5) is 0 Å². The van der Waals surface area contributed by atoms with Crippen molar-refractivity contribution in [3.05, 3.63) is 59.7 Å². The predicted octanol–water partition coefficient (Wildman–Crippen LogP) is 3.58. The van der Waals surface area contributed by atoms with E-state index in [1.165, 1.54) is 6.21 Å². The van der Waals surface area contributed by atoms with E-state index in [-0.39, 0.29) is 11.7 Å². The molecule has 1 amide bonds. The van der Waals surface area contributed by atoms with Crippen molar-refractivity contribution in [2.75, 3.05) is 6.61 Å². The molecule has 2 rings (SSSR count). The third kappa shape index (κ3) is 5.76. The molecule has 0 bridgehead atoms. The van der Waals surface area contributed by atoms with Gasteiger partial charge in [-0.15, -0.1) is 0 Å². The maximum Gasteiger partial charge on any atom is 0.271 e. The molecule has 0 aliphatic heterocycles. The lowest BCUT2D eigenvalue weighted by molar-refractivity contribution is 0.0955. The molecule has 0 unspecified atom stereocenters. The first-order valence-corrected chi connectivity index (χ1v) is 7.90. The van der Waals surface area contributed by atoms with Crippen molar-refractivity contribution in [1.29, 1.82) is 0 Å². The van der Waals surface area contributed by atoms with Gasteiger partial charge in [0.2, 0.25) is 0 Å². The number of benzene rings is 2. The van der Waals surface area contributed by atoms with Crippen LogP contribution >= 0.6 is 0 Å². The zero-order valence-corrected chi connectivity index (χ0v) is 13.9. The SMILES string of the molecule is CC(C)CCOc1ccc(C(=O)N/N=C/c2ccc(O)cc2)cc1. The third-order valence-electron chi connectivity index (χ3n) is 3.35. The molecule has 5 nitrogen and oxygen atoms in total. The molecule has 2 aromatic rings. The van der Waals surface area contributed by atoms with Crippen molar-refractivity contribution in [2.24, 2.45) is 11.0 Å². The molecular formula is C19H22N2O3. The molecule has 0 aliphatic rings. The van der Waals surface area contributed by atoms with Gasteiger partial charge in [0.1, 0.15) is 11.5 Å². The predicted molar refractivity (Wildman–Crippen MR) is 94.6 cm³/mol. The number of phenolic OH excluding ortho intramolecular Hbond substituents is 1. The molecule has 0 heterocycles. The Bertz CT molecular complexity index is 677.